The topological polar surface area (TPSA) is 104 Å². The zero-order chi connectivity index (χ0) is 23.0. The number of nitrogens with zero attached hydrogens (tertiary/aromatic N) is 3. The molecule has 2 heterocycles. The molecular formula is C22H25Cl2N5O3. The first-order chi connectivity index (χ1) is 15.4. The maximum Gasteiger partial charge on any atom is 0.260 e. The van der Waals surface area contributed by atoms with Crippen LogP contribution in [-0.2, 0) is 6.54 Å². The standard InChI is InChI=1S/C22H25Cl2N5O3/c1-4-29-20-11(10-26-22(28-20)27-14-7-5-6-13(14)25)8-12(21(29)30)17-18(23)15(31-2)9-16(32-3)19(17)24/h8-10,13-14H,4-7,25H2,1-3H3,(H,26,27,28). The number of methoxy groups -OCH3 is 2. The molecule has 170 valence electrons. The summed E-state index contributed by atoms with van der Waals surface area (Å²) in [4.78, 5) is 22.6. The molecule has 0 aliphatic heterocycles. The van der Waals surface area contributed by atoms with E-state index in [1.54, 1.807) is 22.9 Å². The number of nitrogens with two attached hydrogens (primary N) is 1. The maximum atomic E-state index is 13.5. The average Bonchev–Trinajstić information content (AvgIpc) is 3.19. The minimum absolute atomic E-state index is 0.0670. The molecule has 4 rings (SSSR count). The van der Waals surface area contributed by atoms with Crippen molar-refractivity contribution in [1.82, 2.24) is 14.5 Å². The van der Waals surface area contributed by atoms with Gasteiger partial charge in [0.1, 0.15) is 17.1 Å². The molecule has 3 N–H and O–H groups in total. The number of ether oxygens (including phenoxy) is 2. The molecule has 8 nitrogen and oxygen atoms in total. The van der Waals surface area contributed by atoms with Crippen LogP contribution in [0.3, 0.4) is 0 Å². The summed E-state index contributed by atoms with van der Waals surface area (Å²) >= 11 is 13.1. The monoisotopic (exact) mass is 477 g/mol. The lowest BCUT2D eigenvalue weighted by Gasteiger charge is -2.18. The van der Waals surface area contributed by atoms with Crippen LogP contribution in [0.1, 0.15) is 26.2 Å². The van der Waals surface area contributed by atoms with E-state index in [2.05, 4.69) is 15.3 Å². The minimum Gasteiger partial charge on any atom is -0.495 e. The highest BCUT2D eigenvalue weighted by Crippen LogP contribution is 2.45. The molecule has 3 aromatic rings. The Morgan fingerprint density at radius 2 is 1.88 bits per heavy atom. The van der Waals surface area contributed by atoms with Crippen molar-refractivity contribution in [3.63, 3.8) is 0 Å². The number of rotatable bonds is 6. The summed E-state index contributed by atoms with van der Waals surface area (Å²) in [5.41, 5.74) is 7.06. The number of hydrogen-bond acceptors (Lipinski definition) is 7. The molecule has 0 saturated heterocycles. The number of fused-ring (bicyclic) bond motifs is 1. The number of hydrogen-bond donors (Lipinski definition) is 2. The number of aromatic nitrogens is 3. The molecule has 0 amide bonds. The van der Waals surface area contributed by atoms with Gasteiger partial charge in [-0.25, -0.2) is 4.98 Å². The van der Waals surface area contributed by atoms with E-state index >= 15 is 0 Å². The van der Waals surface area contributed by atoms with Gasteiger partial charge in [0, 0.05) is 41.8 Å². The quantitative estimate of drug-likeness (QED) is 0.550. The van der Waals surface area contributed by atoms with Gasteiger partial charge in [0.15, 0.2) is 0 Å². The van der Waals surface area contributed by atoms with Gasteiger partial charge < -0.3 is 20.5 Å². The van der Waals surface area contributed by atoms with E-state index in [0.29, 0.717) is 46.2 Å². The number of aryl methyl sites for hydroxylation is 1. The Labute approximate surface area is 195 Å². The van der Waals surface area contributed by atoms with Gasteiger partial charge in [-0.1, -0.05) is 23.2 Å². The van der Waals surface area contributed by atoms with E-state index in [1.807, 2.05) is 6.92 Å². The molecule has 2 unspecified atom stereocenters. The van der Waals surface area contributed by atoms with Crippen molar-refractivity contribution in [2.45, 2.75) is 44.8 Å². The molecule has 32 heavy (non-hydrogen) atoms. The number of nitrogens with one attached hydrogen (secondary N) is 1. The lowest BCUT2D eigenvalue weighted by atomic mass is 10.0. The highest BCUT2D eigenvalue weighted by Gasteiger charge is 2.25. The molecule has 0 radical (unpaired) electrons. The Bertz CT molecular complexity index is 1200. The third-order valence-electron chi connectivity index (χ3n) is 5.87. The number of pyridine rings is 1. The largest absolute Gasteiger partial charge is 0.495 e. The van der Waals surface area contributed by atoms with Gasteiger partial charge >= 0.3 is 0 Å². The van der Waals surface area contributed by atoms with E-state index in [-0.39, 0.29) is 27.7 Å². The summed E-state index contributed by atoms with van der Waals surface area (Å²) in [6.45, 7) is 2.28. The third-order valence-corrected chi connectivity index (χ3v) is 6.62. The van der Waals surface area contributed by atoms with E-state index < -0.39 is 0 Å². The summed E-state index contributed by atoms with van der Waals surface area (Å²) < 4.78 is 12.3. The van der Waals surface area contributed by atoms with Crippen molar-refractivity contribution >= 4 is 40.2 Å². The van der Waals surface area contributed by atoms with E-state index in [0.717, 1.165) is 19.3 Å². The Balaban J connectivity index is 1.89. The van der Waals surface area contributed by atoms with Gasteiger partial charge in [0.2, 0.25) is 5.95 Å². The second-order valence-corrected chi connectivity index (χ2v) is 8.47. The van der Waals surface area contributed by atoms with Crippen LogP contribution in [0.4, 0.5) is 5.95 Å². The molecule has 1 fully saturated rings. The van der Waals surface area contributed by atoms with Crippen molar-refractivity contribution in [2.75, 3.05) is 19.5 Å². The van der Waals surface area contributed by atoms with Gasteiger partial charge in [0.25, 0.3) is 5.56 Å². The summed E-state index contributed by atoms with van der Waals surface area (Å²) in [6, 6.07) is 3.47. The molecule has 0 bridgehead atoms. The Morgan fingerprint density at radius 1 is 1.19 bits per heavy atom. The van der Waals surface area contributed by atoms with Gasteiger partial charge in [0.05, 0.1) is 29.8 Å². The van der Waals surface area contributed by atoms with Gasteiger partial charge in [-0.3, -0.25) is 9.36 Å². The first-order valence-corrected chi connectivity index (χ1v) is 11.2. The minimum atomic E-state index is -0.277. The van der Waals surface area contributed by atoms with Crippen LogP contribution in [0.5, 0.6) is 11.5 Å². The van der Waals surface area contributed by atoms with E-state index in [9.17, 15) is 4.79 Å². The van der Waals surface area contributed by atoms with Crippen molar-refractivity contribution in [3.8, 4) is 22.6 Å². The van der Waals surface area contributed by atoms with Gasteiger partial charge in [-0.2, -0.15) is 4.98 Å². The molecule has 1 aliphatic rings. The second kappa shape index (κ2) is 9.13. The van der Waals surface area contributed by atoms with Gasteiger partial charge in [-0.05, 0) is 32.3 Å². The Hall–Kier alpha value is -2.55. The molecule has 1 aliphatic carbocycles. The lowest BCUT2D eigenvalue weighted by Crippen LogP contribution is -2.35. The van der Waals surface area contributed by atoms with Crippen LogP contribution < -0.4 is 26.1 Å². The first kappa shape index (κ1) is 22.6. The van der Waals surface area contributed by atoms with Crippen LogP contribution in [0, 0.1) is 0 Å². The smallest absolute Gasteiger partial charge is 0.260 e. The molecule has 1 aromatic carbocycles. The fourth-order valence-corrected chi connectivity index (χ4v) is 4.86. The number of anilines is 1. The summed E-state index contributed by atoms with van der Waals surface area (Å²) in [7, 11) is 2.98. The number of halogens is 2. The predicted molar refractivity (Wildman–Crippen MR) is 127 cm³/mol. The Kier molecular flexibility index (Phi) is 6.46. The zero-order valence-electron chi connectivity index (χ0n) is 18.1. The summed E-state index contributed by atoms with van der Waals surface area (Å²) in [5, 5.41) is 4.44. The van der Waals surface area contributed by atoms with Crippen molar-refractivity contribution in [1.29, 1.82) is 0 Å². The third kappa shape index (κ3) is 3.87. The summed E-state index contributed by atoms with van der Waals surface area (Å²) in [6.07, 6.45) is 4.69. The van der Waals surface area contributed by atoms with Crippen LogP contribution in [0.2, 0.25) is 10.0 Å². The first-order valence-electron chi connectivity index (χ1n) is 10.4. The zero-order valence-corrected chi connectivity index (χ0v) is 19.6. The van der Waals surface area contributed by atoms with Crippen molar-refractivity contribution < 1.29 is 9.47 Å². The second-order valence-electron chi connectivity index (χ2n) is 7.71. The number of benzene rings is 1. The summed E-state index contributed by atoms with van der Waals surface area (Å²) in [5.74, 6) is 1.16. The maximum absolute atomic E-state index is 13.5. The fraction of sp³-hybridized carbons (Fsp3) is 0.409. The molecule has 2 atom stereocenters. The predicted octanol–water partition coefficient (Wildman–Crippen LogP) is 4.09. The van der Waals surface area contributed by atoms with Crippen LogP contribution in [0.25, 0.3) is 22.2 Å². The van der Waals surface area contributed by atoms with Crippen molar-refractivity contribution in [3.05, 3.63) is 38.7 Å². The molecule has 2 aromatic heterocycles. The molecule has 1 saturated carbocycles. The van der Waals surface area contributed by atoms with Crippen LogP contribution in [-0.4, -0.2) is 40.8 Å². The highest BCUT2D eigenvalue weighted by atomic mass is 35.5. The van der Waals surface area contributed by atoms with Gasteiger partial charge in [-0.15, -0.1) is 0 Å². The lowest BCUT2D eigenvalue weighted by molar-refractivity contribution is 0.395. The average molecular weight is 478 g/mol. The Morgan fingerprint density at radius 3 is 2.44 bits per heavy atom. The van der Waals surface area contributed by atoms with Crippen LogP contribution in [0.15, 0.2) is 23.1 Å². The SMILES string of the molecule is CCn1c(=O)c(-c2c(Cl)c(OC)cc(OC)c2Cl)cc2cnc(NC3CCCC3N)nc21. The molecule has 0 spiro atoms. The normalized spacial score (nSPS) is 18.2. The van der Waals surface area contributed by atoms with E-state index in [1.165, 1.54) is 14.2 Å². The fourth-order valence-electron chi connectivity index (χ4n) is 4.16. The van der Waals surface area contributed by atoms with Crippen LogP contribution >= 0.6 is 23.2 Å². The highest BCUT2D eigenvalue weighted by molar-refractivity contribution is 6.41. The molecule has 10 heteroatoms. The van der Waals surface area contributed by atoms with E-state index in [4.69, 9.17) is 38.4 Å². The van der Waals surface area contributed by atoms with Crippen molar-refractivity contribution in [2.24, 2.45) is 5.73 Å². The molecular weight excluding hydrogens is 453 g/mol.